The molecule has 3 aromatic heterocycles. The van der Waals surface area contributed by atoms with Gasteiger partial charge in [-0.25, -0.2) is 19.2 Å². The van der Waals surface area contributed by atoms with Crippen LogP contribution in [0.25, 0.3) is 16.8 Å². The van der Waals surface area contributed by atoms with E-state index in [1.165, 1.54) is 12.3 Å². The van der Waals surface area contributed by atoms with Gasteiger partial charge >= 0.3 is 6.03 Å². The van der Waals surface area contributed by atoms with Crippen LogP contribution in [0, 0.1) is 5.82 Å². The number of amides is 3. The Morgan fingerprint density at radius 1 is 0.981 bits per heavy atom. The van der Waals surface area contributed by atoms with E-state index in [1.807, 2.05) is 67.6 Å². The summed E-state index contributed by atoms with van der Waals surface area (Å²) in [6.45, 7) is 5.62. The number of benzene rings is 3. The number of hydrogen-bond acceptors (Lipinski definition) is 8. The van der Waals surface area contributed by atoms with E-state index in [9.17, 15) is 14.0 Å². The van der Waals surface area contributed by atoms with E-state index in [0.717, 1.165) is 29.3 Å². The van der Waals surface area contributed by atoms with Crippen molar-refractivity contribution in [2.75, 3.05) is 28.6 Å². The van der Waals surface area contributed by atoms with Crippen LogP contribution in [0.2, 0.25) is 0 Å². The Kier molecular flexibility index (Phi) is 10.4. The van der Waals surface area contributed by atoms with Crippen LogP contribution < -0.4 is 30.9 Å². The first-order valence-electron chi connectivity index (χ1n) is 17.6. The molecule has 0 saturated carbocycles. The number of nitrogens with one attached hydrogen (secondary N) is 4. The summed E-state index contributed by atoms with van der Waals surface area (Å²) in [7, 11) is 0. The number of halogens is 1. The van der Waals surface area contributed by atoms with Gasteiger partial charge in [0, 0.05) is 37.4 Å². The average molecular weight is 714 g/mol. The number of ether oxygens (including phenoxy) is 1. The third kappa shape index (κ3) is 8.04. The van der Waals surface area contributed by atoms with E-state index in [0.29, 0.717) is 53.7 Å². The van der Waals surface area contributed by atoms with Crippen molar-refractivity contribution in [2.24, 2.45) is 0 Å². The Labute approximate surface area is 306 Å². The summed E-state index contributed by atoms with van der Waals surface area (Å²) in [5, 5.41) is 16.9. The molecule has 1 atom stereocenters. The van der Waals surface area contributed by atoms with Crippen LogP contribution in [0.15, 0.2) is 103 Å². The molecule has 0 fully saturated rings. The van der Waals surface area contributed by atoms with Crippen molar-refractivity contribution in [3.63, 3.8) is 0 Å². The number of fused-ring (bicyclic) bond motifs is 2. The summed E-state index contributed by atoms with van der Waals surface area (Å²) in [5.74, 6) is 0.468. The number of pyridine rings is 1. The van der Waals surface area contributed by atoms with Gasteiger partial charge < -0.3 is 30.9 Å². The summed E-state index contributed by atoms with van der Waals surface area (Å²) >= 11 is 0. The van der Waals surface area contributed by atoms with Gasteiger partial charge in [0.2, 0.25) is 5.88 Å². The fourth-order valence-corrected chi connectivity index (χ4v) is 6.22. The number of carbonyl (C=O) groups is 2. The lowest BCUT2D eigenvalue weighted by Gasteiger charge is -2.29. The normalized spacial score (nSPS) is 14.1. The SMILES string of the molecule is CCCNC(=O)Nc1ccc(-c2c3nc4c(cnn4c2N(Cc2ccccc2)Cc2ccccc2)C(=O)NCC(C)Oc2ncc(F)cc2CN3)cc1. The van der Waals surface area contributed by atoms with E-state index in [-0.39, 0.29) is 36.5 Å². The van der Waals surface area contributed by atoms with Crippen LogP contribution in [0.5, 0.6) is 5.88 Å². The van der Waals surface area contributed by atoms with Crippen LogP contribution in [0.1, 0.15) is 47.3 Å². The molecule has 6 aromatic rings. The van der Waals surface area contributed by atoms with Gasteiger partial charge in [0.15, 0.2) is 5.65 Å². The quantitative estimate of drug-likeness (QED) is 0.129. The van der Waals surface area contributed by atoms with E-state index in [1.54, 1.807) is 11.4 Å². The van der Waals surface area contributed by atoms with E-state index in [4.69, 9.17) is 14.8 Å². The molecule has 13 heteroatoms. The Balaban J connectivity index is 1.45. The molecule has 0 radical (unpaired) electrons. The van der Waals surface area contributed by atoms with Crippen molar-refractivity contribution in [3.05, 3.63) is 131 Å². The van der Waals surface area contributed by atoms with Crippen LogP contribution in [-0.2, 0) is 19.6 Å². The first-order chi connectivity index (χ1) is 25.9. The van der Waals surface area contributed by atoms with Gasteiger partial charge in [-0.15, -0.1) is 0 Å². The molecular weight excluding hydrogens is 673 g/mol. The van der Waals surface area contributed by atoms with Gasteiger partial charge in [-0.05, 0) is 48.2 Å². The second-order valence-corrected chi connectivity index (χ2v) is 12.8. The highest BCUT2D eigenvalue weighted by atomic mass is 19.1. The zero-order valence-corrected chi connectivity index (χ0v) is 29.5. The first kappa shape index (κ1) is 34.9. The number of carbonyl (C=O) groups excluding carboxylic acids is 2. The Morgan fingerprint density at radius 2 is 1.68 bits per heavy atom. The molecule has 1 aliphatic rings. The third-order valence-corrected chi connectivity index (χ3v) is 8.77. The van der Waals surface area contributed by atoms with Gasteiger partial charge in [-0.3, -0.25) is 4.79 Å². The Morgan fingerprint density at radius 3 is 2.36 bits per heavy atom. The molecule has 3 aromatic carbocycles. The van der Waals surface area contributed by atoms with E-state index >= 15 is 0 Å². The summed E-state index contributed by atoms with van der Waals surface area (Å²) in [4.78, 5) is 37.7. The van der Waals surface area contributed by atoms with E-state index < -0.39 is 11.9 Å². The summed E-state index contributed by atoms with van der Waals surface area (Å²) < 4.78 is 22.4. The minimum Gasteiger partial charge on any atom is -0.473 e. The highest BCUT2D eigenvalue weighted by molar-refractivity contribution is 6.01. The number of hydrogen-bond donors (Lipinski definition) is 4. The Hall–Kier alpha value is -6.50. The molecule has 3 amide bonds. The minimum atomic E-state index is -0.509. The number of aromatic nitrogens is 4. The standard InChI is InChI=1S/C40H40FN9O3/c1-3-18-42-40(52)47-32-16-14-29(15-17-32)34-35-43-21-30-19-31(41)22-45-38(30)53-26(2)20-44-37(51)33-23-46-50(36(33)48-35)39(34)49(24-27-10-6-4-7-11-27)25-28-12-8-5-9-13-28/h4-17,19,22-23,26H,3,18,20-21,24-25H2,1-2H3,(H,43,48)(H,44,51)(H2,42,47,52). The monoisotopic (exact) mass is 713 g/mol. The molecule has 1 aliphatic heterocycles. The number of nitrogens with zero attached hydrogens (tertiary/aromatic N) is 5. The lowest BCUT2D eigenvalue weighted by Crippen LogP contribution is -2.34. The van der Waals surface area contributed by atoms with Crippen molar-refractivity contribution in [1.82, 2.24) is 30.2 Å². The molecule has 4 N–H and O–H groups in total. The molecule has 53 heavy (non-hydrogen) atoms. The fraction of sp³-hybridized carbons (Fsp3) is 0.225. The topological polar surface area (TPSA) is 138 Å². The second kappa shape index (κ2) is 15.8. The largest absolute Gasteiger partial charge is 0.473 e. The summed E-state index contributed by atoms with van der Waals surface area (Å²) in [6, 6.07) is 28.8. The number of urea groups is 1. The third-order valence-electron chi connectivity index (χ3n) is 8.77. The fourth-order valence-electron chi connectivity index (χ4n) is 6.22. The van der Waals surface area contributed by atoms with Crippen molar-refractivity contribution < 1.29 is 18.7 Å². The maximum absolute atomic E-state index is 14.6. The molecule has 270 valence electrons. The molecule has 2 bridgehead atoms. The second-order valence-electron chi connectivity index (χ2n) is 12.8. The molecule has 0 aliphatic carbocycles. The van der Waals surface area contributed by atoms with Crippen molar-refractivity contribution in [1.29, 1.82) is 0 Å². The zero-order chi connectivity index (χ0) is 36.7. The summed E-state index contributed by atoms with van der Waals surface area (Å²) in [5.41, 5.74) is 5.27. The highest BCUT2D eigenvalue weighted by Crippen LogP contribution is 2.40. The lowest BCUT2D eigenvalue weighted by molar-refractivity contribution is 0.0932. The molecule has 4 heterocycles. The van der Waals surface area contributed by atoms with Crippen LogP contribution in [0.3, 0.4) is 0 Å². The van der Waals surface area contributed by atoms with Gasteiger partial charge in [0.25, 0.3) is 5.91 Å². The molecule has 0 spiro atoms. The number of rotatable bonds is 9. The zero-order valence-electron chi connectivity index (χ0n) is 29.5. The van der Waals surface area contributed by atoms with Gasteiger partial charge in [0.1, 0.15) is 29.1 Å². The predicted octanol–water partition coefficient (Wildman–Crippen LogP) is 6.79. The van der Waals surface area contributed by atoms with Crippen molar-refractivity contribution >= 4 is 34.9 Å². The minimum absolute atomic E-state index is 0.113. The molecule has 7 rings (SSSR count). The summed E-state index contributed by atoms with van der Waals surface area (Å²) in [6.07, 6.45) is 2.99. The van der Waals surface area contributed by atoms with Crippen molar-refractivity contribution in [3.8, 4) is 17.0 Å². The van der Waals surface area contributed by atoms with Gasteiger partial charge in [-0.2, -0.15) is 9.61 Å². The average Bonchev–Trinajstić information content (AvgIpc) is 3.60. The predicted molar refractivity (Wildman–Crippen MR) is 202 cm³/mol. The molecule has 0 saturated heterocycles. The van der Waals surface area contributed by atoms with E-state index in [2.05, 4.69) is 55.4 Å². The smallest absolute Gasteiger partial charge is 0.319 e. The molecule has 12 nitrogen and oxygen atoms in total. The van der Waals surface area contributed by atoms with Crippen molar-refractivity contribution in [2.45, 2.75) is 46.0 Å². The van der Waals surface area contributed by atoms with Gasteiger partial charge in [-0.1, -0.05) is 79.7 Å². The first-order valence-corrected chi connectivity index (χ1v) is 17.6. The van der Waals surface area contributed by atoms with Crippen LogP contribution >= 0.6 is 0 Å². The van der Waals surface area contributed by atoms with Gasteiger partial charge in [0.05, 0.1) is 24.5 Å². The maximum atomic E-state index is 14.6. The molecular formula is C40H40FN9O3. The highest BCUT2D eigenvalue weighted by Gasteiger charge is 2.28. The van der Waals surface area contributed by atoms with Crippen LogP contribution in [-0.4, -0.2) is 50.7 Å². The Bertz CT molecular complexity index is 2170. The lowest BCUT2D eigenvalue weighted by atomic mass is 10.0. The maximum Gasteiger partial charge on any atom is 0.319 e. The van der Waals surface area contributed by atoms with Crippen LogP contribution in [0.4, 0.5) is 26.5 Å². The molecule has 1 unspecified atom stereocenters. The number of anilines is 3.